The van der Waals surface area contributed by atoms with Gasteiger partial charge < -0.3 is 15.2 Å². The highest BCUT2D eigenvalue weighted by Gasteiger charge is 2.44. The van der Waals surface area contributed by atoms with Crippen molar-refractivity contribution in [3.05, 3.63) is 0 Å². The van der Waals surface area contributed by atoms with E-state index in [1.807, 2.05) is 13.8 Å². The lowest BCUT2D eigenvalue weighted by Gasteiger charge is -2.24. The van der Waals surface area contributed by atoms with Crippen LogP contribution in [0.15, 0.2) is 0 Å². The van der Waals surface area contributed by atoms with Crippen molar-refractivity contribution in [2.75, 3.05) is 6.54 Å². The van der Waals surface area contributed by atoms with Gasteiger partial charge >= 0.3 is 0 Å². The van der Waals surface area contributed by atoms with Crippen LogP contribution in [0.5, 0.6) is 0 Å². The number of hydrogen-bond acceptors (Lipinski definition) is 3. The van der Waals surface area contributed by atoms with Crippen LogP contribution in [0.25, 0.3) is 0 Å². The first-order valence-corrected chi connectivity index (χ1v) is 5.43. The average Bonchev–Trinajstić information content (AvgIpc) is 2.40. The van der Waals surface area contributed by atoms with E-state index in [2.05, 4.69) is 20.8 Å². The molecule has 84 valence electrons. The minimum Gasteiger partial charge on any atom is -0.344 e. The molecule has 0 radical (unpaired) electrons. The Kier molecular flexibility index (Phi) is 3.56. The summed E-state index contributed by atoms with van der Waals surface area (Å²) in [4.78, 5) is 0. The van der Waals surface area contributed by atoms with E-state index in [-0.39, 0.29) is 12.2 Å². The number of ether oxygens (including phenoxy) is 2. The van der Waals surface area contributed by atoms with Crippen LogP contribution in [-0.4, -0.2) is 24.5 Å². The van der Waals surface area contributed by atoms with Crippen LogP contribution in [0.2, 0.25) is 0 Å². The molecule has 0 aliphatic carbocycles. The summed E-state index contributed by atoms with van der Waals surface area (Å²) in [5.41, 5.74) is 5.67. The molecule has 0 spiro atoms. The number of hydrogen-bond donors (Lipinski definition) is 1. The third kappa shape index (κ3) is 2.47. The average molecular weight is 201 g/mol. The van der Waals surface area contributed by atoms with E-state index in [1.165, 1.54) is 0 Å². The highest BCUT2D eigenvalue weighted by molar-refractivity contribution is 4.86. The molecule has 1 saturated heterocycles. The molecule has 1 heterocycles. The molecule has 0 aromatic carbocycles. The lowest BCUT2D eigenvalue weighted by atomic mass is 9.93. The third-order valence-corrected chi connectivity index (χ3v) is 2.75. The van der Waals surface area contributed by atoms with E-state index in [1.54, 1.807) is 0 Å². The molecule has 2 N–H and O–H groups in total. The van der Waals surface area contributed by atoms with Crippen molar-refractivity contribution in [2.45, 2.75) is 52.6 Å². The first kappa shape index (κ1) is 12.0. The monoisotopic (exact) mass is 201 g/mol. The summed E-state index contributed by atoms with van der Waals surface area (Å²) in [6.45, 7) is 11.0. The zero-order chi connectivity index (χ0) is 10.9. The Bertz CT molecular complexity index is 192. The van der Waals surface area contributed by atoms with Crippen molar-refractivity contribution in [3.63, 3.8) is 0 Å². The lowest BCUT2D eigenvalue weighted by Crippen LogP contribution is -2.36. The van der Waals surface area contributed by atoms with E-state index in [0.29, 0.717) is 18.4 Å². The predicted octanol–water partition coefficient (Wildman–Crippen LogP) is 1.76. The Morgan fingerprint density at radius 1 is 1.14 bits per heavy atom. The van der Waals surface area contributed by atoms with Gasteiger partial charge in [0.1, 0.15) is 0 Å². The molecule has 3 atom stereocenters. The summed E-state index contributed by atoms with van der Waals surface area (Å²) >= 11 is 0. The zero-order valence-electron chi connectivity index (χ0n) is 9.91. The van der Waals surface area contributed by atoms with E-state index in [4.69, 9.17) is 15.2 Å². The molecule has 3 nitrogen and oxygen atoms in total. The van der Waals surface area contributed by atoms with Crippen molar-refractivity contribution < 1.29 is 9.47 Å². The fourth-order valence-corrected chi connectivity index (χ4v) is 1.91. The number of rotatable bonds is 3. The summed E-state index contributed by atoms with van der Waals surface area (Å²) in [7, 11) is 0. The van der Waals surface area contributed by atoms with Gasteiger partial charge in [-0.15, -0.1) is 0 Å². The van der Waals surface area contributed by atoms with Crippen molar-refractivity contribution in [1.82, 2.24) is 0 Å². The van der Waals surface area contributed by atoms with Gasteiger partial charge in [-0.2, -0.15) is 0 Å². The molecular weight excluding hydrogens is 178 g/mol. The van der Waals surface area contributed by atoms with Crippen molar-refractivity contribution in [2.24, 2.45) is 17.6 Å². The minimum absolute atomic E-state index is 0.134. The predicted molar refractivity (Wildman–Crippen MR) is 56.9 cm³/mol. The highest BCUT2D eigenvalue weighted by Crippen LogP contribution is 2.35. The molecule has 0 aromatic rings. The van der Waals surface area contributed by atoms with Crippen LogP contribution in [0.1, 0.15) is 34.6 Å². The van der Waals surface area contributed by atoms with Crippen LogP contribution in [-0.2, 0) is 9.47 Å². The molecule has 3 heteroatoms. The van der Waals surface area contributed by atoms with E-state index in [9.17, 15) is 0 Å². The van der Waals surface area contributed by atoms with Crippen molar-refractivity contribution in [3.8, 4) is 0 Å². The number of nitrogens with two attached hydrogens (primary N) is 1. The molecule has 1 rings (SSSR count). The van der Waals surface area contributed by atoms with Gasteiger partial charge in [-0.3, -0.25) is 0 Å². The maximum Gasteiger partial charge on any atom is 0.163 e. The van der Waals surface area contributed by atoms with Crippen molar-refractivity contribution >= 4 is 0 Å². The summed E-state index contributed by atoms with van der Waals surface area (Å²) in [5, 5.41) is 0. The molecular formula is C11H23NO2. The lowest BCUT2D eigenvalue weighted by molar-refractivity contribution is -0.152. The van der Waals surface area contributed by atoms with E-state index >= 15 is 0 Å². The summed E-state index contributed by atoms with van der Waals surface area (Å²) in [6, 6.07) is 0. The molecule has 3 unspecified atom stereocenters. The van der Waals surface area contributed by atoms with E-state index < -0.39 is 5.79 Å². The highest BCUT2D eigenvalue weighted by atomic mass is 16.8. The van der Waals surface area contributed by atoms with Crippen LogP contribution < -0.4 is 5.73 Å². The molecule has 0 bridgehead atoms. The molecule has 0 saturated carbocycles. The summed E-state index contributed by atoms with van der Waals surface area (Å²) in [5.74, 6) is 0.364. The third-order valence-electron chi connectivity index (χ3n) is 2.75. The van der Waals surface area contributed by atoms with Gasteiger partial charge in [0.15, 0.2) is 5.79 Å². The van der Waals surface area contributed by atoms with Gasteiger partial charge in [0, 0.05) is 0 Å². The van der Waals surface area contributed by atoms with Gasteiger partial charge in [-0.05, 0) is 32.2 Å². The maximum absolute atomic E-state index is 5.87. The van der Waals surface area contributed by atoms with Crippen LogP contribution in [0.3, 0.4) is 0 Å². The SMILES string of the molecule is CC(C)C1OC(C)(C)OC1C(C)CN. The molecule has 0 aromatic heterocycles. The molecule has 1 aliphatic rings. The summed E-state index contributed by atoms with van der Waals surface area (Å²) in [6.07, 6.45) is 0.304. The molecule has 1 aliphatic heterocycles. The van der Waals surface area contributed by atoms with Gasteiger partial charge in [0.05, 0.1) is 12.2 Å². The normalized spacial score (nSPS) is 33.6. The van der Waals surface area contributed by atoms with Gasteiger partial charge in [0.2, 0.25) is 0 Å². The summed E-state index contributed by atoms with van der Waals surface area (Å²) < 4.78 is 11.7. The smallest absolute Gasteiger partial charge is 0.163 e. The minimum atomic E-state index is -0.455. The Morgan fingerprint density at radius 2 is 1.64 bits per heavy atom. The second kappa shape index (κ2) is 4.17. The fraction of sp³-hybridized carbons (Fsp3) is 1.00. The molecule has 14 heavy (non-hydrogen) atoms. The molecule has 1 fully saturated rings. The quantitative estimate of drug-likeness (QED) is 0.756. The van der Waals surface area contributed by atoms with Gasteiger partial charge in [-0.25, -0.2) is 0 Å². The Hall–Kier alpha value is -0.120. The standard InChI is InChI=1S/C11H23NO2/c1-7(2)9-10(8(3)6-12)14-11(4,5)13-9/h7-10H,6,12H2,1-5H3. The fourth-order valence-electron chi connectivity index (χ4n) is 1.91. The second-order valence-corrected chi connectivity index (χ2v) is 5.02. The Morgan fingerprint density at radius 3 is 2.07 bits per heavy atom. The van der Waals surface area contributed by atoms with Gasteiger partial charge in [0.25, 0.3) is 0 Å². The van der Waals surface area contributed by atoms with E-state index in [0.717, 1.165) is 0 Å². The maximum atomic E-state index is 5.87. The first-order valence-electron chi connectivity index (χ1n) is 5.43. The van der Waals surface area contributed by atoms with Crippen LogP contribution in [0, 0.1) is 11.8 Å². The van der Waals surface area contributed by atoms with Crippen LogP contribution >= 0.6 is 0 Å². The largest absolute Gasteiger partial charge is 0.344 e. The second-order valence-electron chi connectivity index (χ2n) is 5.02. The Labute approximate surface area is 86.9 Å². The first-order chi connectivity index (χ1) is 6.37. The van der Waals surface area contributed by atoms with Crippen molar-refractivity contribution in [1.29, 1.82) is 0 Å². The zero-order valence-corrected chi connectivity index (χ0v) is 9.91. The topological polar surface area (TPSA) is 44.5 Å². The van der Waals surface area contributed by atoms with Crippen LogP contribution in [0.4, 0.5) is 0 Å². The molecule has 0 amide bonds. The Balaban J connectivity index is 2.72. The van der Waals surface area contributed by atoms with Gasteiger partial charge in [-0.1, -0.05) is 20.8 Å².